The third-order valence-corrected chi connectivity index (χ3v) is 5.00. The Morgan fingerprint density at radius 2 is 1.97 bits per heavy atom. The maximum absolute atomic E-state index is 12.9. The second kappa shape index (κ2) is 9.43. The predicted molar refractivity (Wildman–Crippen MR) is 116 cm³/mol. The molecule has 0 N–H and O–H groups in total. The maximum Gasteiger partial charge on any atom is 0.261 e. The molecule has 0 aliphatic carbocycles. The Labute approximate surface area is 175 Å². The SMILES string of the molecule is CCOc1ccc(CN(CC)C(=O)Cn2cnc3c(C)cccc3c2=O)cc1OC. The van der Waals surface area contributed by atoms with Crippen LogP contribution in [0.5, 0.6) is 11.5 Å². The van der Waals surface area contributed by atoms with Gasteiger partial charge in [-0.1, -0.05) is 18.2 Å². The van der Waals surface area contributed by atoms with E-state index < -0.39 is 0 Å². The summed E-state index contributed by atoms with van der Waals surface area (Å²) in [5.74, 6) is 1.15. The maximum atomic E-state index is 12.9. The van der Waals surface area contributed by atoms with Crippen LogP contribution in [0.25, 0.3) is 10.9 Å². The summed E-state index contributed by atoms with van der Waals surface area (Å²) in [5, 5.41) is 0.518. The molecule has 158 valence electrons. The lowest BCUT2D eigenvalue weighted by atomic mass is 10.1. The van der Waals surface area contributed by atoms with Gasteiger partial charge in [0.25, 0.3) is 5.56 Å². The van der Waals surface area contributed by atoms with Crippen LogP contribution in [0.15, 0.2) is 47.5 Å². The lowest BCUT2D eigenvalue weighted by Gasteiger charge is -2.22. The molecule has 0 spiro atoms. The van der Waals surface area contributed by atoms with Gasteiger partial charge >= 0.3 is 0 Å². The number of aryl methyl sites for hydroxylation is 1. The Morgan fingerprint density at radius 1 is 1.17 bits per heavy atom. The number of ether oxygens (including phenoxy) is 2. The summed E-state index contributed by atoms with van der Waals surface area (Å²) in [6.45, 7) is 7.15. The molecule has 30 heavy (non-hydrogen) atoms. The number of rotatable bonds is 8. The molecule has 7 heteroatoms. The number of benzene rings is 2. The van der Waals surface area contributed by atoms with Gasteiger partial charge in [-0.25, -0.2) is 4.98 Å². The van der Waals surface area contributed by atoms with E-state index in [2.05, 4.69) is 4.98 Å². The number of likely N-dealkylation sites (N-methyl/N-ethyl adjacent to an activating group) is 1. The number of para-hydroxylation sites is 1. The molecule has 0 radical (unpaired) electrons. The van der Waals surface area contributed by atoms with Crippen molar-refractivity contribution < 1.29 is 14.3 Å². The third kappa shape index (κ3) is 4.45. The van der Waals surface area contributed by atoms with E-state index in [4.69, 9.17) is 9.47 Å². The normalized spacial score (nSPS) is 10.8. The molecule has 1 aromatic heterocycles. The van der Waals surface area contributed by atoms with Crippen molar-refractivity contribution in [1.82, 2.24) is 14.5 Å². The number of hydrogen-bond acceptors (Lipinski definition) is 5. The van der Waals surface area contributed by atoms with Gasteiger partial charge in [0.1, 0.15) is 6.54 Å². The molecule has 2 aromatic carbocycles. The molecule has 1 amide bonds. The van der Waals surface area contributed by atoms with Crippen molar-refractivity contribution in [2.75, 3.05) is 20.3 Å². The van der Waals surface area contributed by atoms with Gasteiger partial charge < -0.3 is 14.4 Å². The fourth-order valence-electron chi connectivity index (χ4n) is 3.38. The molecule has 0 fully saturated rings. The first-order valence-electron chi connectivity index (χ1n) is 10.0. The second-order valence-electron chi connectivity index (χ2n) is 6.97. The zero-order valence-corrected chi connectivity index (χ0v) is 17.8. The van der Waals surface area contributed by atoms with Crippen molar-refractivity contribution in [3.63, 3.8) is 0 Å². The van der Waals surface area contributed by atoms with E-state index in [0.29, 0.717) is 42.1 Å². The minimum absolute atomic E-state index is 0.0578. The van der Waals surface area contributed by atoms with Crippen molar-refractivity contribution >= 4 is 16.8 Å². The van der Waals surface area contributed by atoms with Crippen LogP contribution >= 0.6 is 0 Å². The molecular weight excluding hydrogens is 382 g/mol. The van der Waals surface area contributed by atoms with E-state index in [1.807, 2.05) is 51.1 Å². The van der Waals surface area contributed by atoms with Gasteiger partial charge in [0.15, 0.2) is 11.5 Å². The van der Waals surface area contributed by atoms with Gasteiger partial charge in [0.05, 0.1) is 30.9 Å². The molecule has 0 aliphatic heterocycles. The van der Waals surface area contributed by atoms with E-state index in [9.17, 15) is 9.59 Å². The quantitative estimate of drug-likeness (QED) is 0.571. The van der Waals surface area contributed by atoms with E-state index in [-0.39, 0.29) is 18.0 Å². The first-order valence-corrected chi connectivity index (χ1v) is 10.0. The molecule has 0 saturated heterocycles. The first kappa shape index (κ1) is 21.4. The number of carbonyl (C=O) groups excluding carboxylic acids is 1. The minimum atomic E-state index is -0.212. The summed E-state index contributed by atoms with van der Waals surface area (Å²) in [4.78, 5) is 31.8. The molecule has 7 nitrogen and oxygen atoms in total. The second-order valence-corrected chi connectivity index (χ2v) is 6.97. The van der Waals surface area contributed by atoms with Crippen LogP contribution in [0, 0.1) is 6.92 Å². The highest BCUT2D eigenvalue weighted by Gasteiger charge is 2.16. The lowest BCUT2D eigenvalue weighted by molar-refractivity contribution is -0.132. The van der Waals surface area contributed by atoms with Crippen molar-refractivity contribution in [2.24, 2.45) is 0 Å². The number of methoxy groups -OCH3 is 1. The van der Waals surface area contributed by atoms with Crippen LogP contribution in [0.2, 0.25) is 0 Å². The van der Waals surface area contributed by atoms with Gasteiger partial charge in [0.2, 0.25) is 5.91 Å². The summed E-state index contributed by atoms with van der Waals surface area (Å²) >= 11 is 0. The van der Waals surface area contributed by atoms with Gasteiger partial charge in [-0.15, -0.1) is 0 Å². The number of carbonyl (C=O) groups is 1. The van der Waals surface area contributed by atoms with E-state index in [0.717, 1.165) is 11.1 Å². The van der Waals surface area contributed by atoms with E-state index in [1.54, 1.807) is 18.1 Å². The zero-order valence-electron chi connectivity index (χ0n) is 17.8. The molecular formula is C23H27N3O4. The molecule has 0 aliphatic rings. The van der Waals surface area contributed by atoms with Crippen LogP contribution in [-0.2, 0) is 17.9 Å². The summed E-state index contributed by atoms with van der Waals surface area (Å²) in [6, 6.07) is 11.1. The van der Waals surface area contributed by atoms with Gasteiger partial charge in [0, 0.05) is 13.1 Å². The minimum Gasteiger partial charge on any atom is -0.493 e. The fraction of sp³-hybridized carbons (Fsp3) is 0.348. The van der Waals surface area contributed by atoms with Crippen LogP contribution in [0.4, 0.5) is 0 Å². The van der Waals surface area contributed by atoms with Gasteiger partial charge in [-0.2, -0.15) is 0 Å². The number of hydrogen-bond donors (Lipinski definition) is 0. The molecule has 3 aromatic rings. The summed E-state index contributed by atoms with van der Waals surface area (Å²) in [6.07, 6.45) is 1.45. The van der Waals surface area contributed by atoms with Gasteiger partial charge in [-0.3, -0.25) is 14.2 Å². The van der Waals surface area contributed by atoms with Crippen molar-refractivity contribution in [3.8, 4) is 11.5 Å². The highest BCUT2D eigenvalue weighted by Crippen LogP contribution is 2.28. The van der Waals surface area contributed by atoms with Crippen LogP contribution in [-0.4, -0.2) is 40.6 Å². The van der Waals surface area contributed by atoms with Crippen molar-refractivity contribution in [3.05, 3.63) is 64.2 Å². The Morgan fingerprint density at radius 3 is 2.67 bits per heavy atom. The summed E-state index contributed by atoms with van der Waals surface area (Å²) in [7, 11) is 1.59. The Hall–Kier alpha value is -3.35. The summed E-state index contributed by atoms with van der Waals surface area (Å²) < 4.78 is 12.3. The average molecular weight is 409 g/mol. The number of aromatic nitrogens is 2. The fourth-order valence-corrected chi connectivity index (χ4v) is 3.38. The average Bonchev–Trinajstić information content (AvgIpc) is 2.75. The first-order chi connectivity index (χ1) is 14.5. The predicted octanol–water partition coefficient (Wildman–Crippen LogP) is 3.16. The molecule has 0 bridgehead atoms. The Kier molecular flexibility index (Phi) is 6.72. The molecule has 1 heterocycles. The highest BCUT2D eigenvalue weighted by atomic mass is 16.5. The molecule has 0 unspecified atom stereocenters. The van der Waals surface area contributed by atoms with Crippen LogP contribution in [0.1, 0.15) is 25.0 Å². The number of nitrogens with zero attached hydrogens (tertiary/aromatic N) is 3. The highest BCUT2D eigenvalue weighted by molar-refractivity contribution is 5.81. The monoisotopic (exact) mass is 409 g/mol. The molecule has 0 atom stereocenters. The zero-order chi connectivity index (χ0) is 21.7. The van der Waals surface area contributed by atoms with Crippen LogP contribution in [0.3, 0.4) is 0 Å². The third-order valence-electron chi connectivity index (χ3n) is 5.00. The Balaban J connectivity index is 1.79. The molecule has 0 saturated carbocycles. The molecule has 3 rings (SSSR count). The summed E-state index contributed by atoms with van der Waals surface area (Å²) in [5.41, 5.74) is 2.31. The van der Waals surface area contributed by atoms with Crippen molar-refractivity contribution in [1.29, 1.82) is 0 Å². The number of fused-ring (bicyclic) bond motifs is 1. The largest absolute Gasteiger partial charge is 0.493 e. The van der Waals surface area contributed by atoms with Crippen LogP contribution < -0.4 is 15.0 Å². The Bertz CT molecular complexity index is 1110. The van der Waals surface area contributed by atoms with E-state index in [1.165, 1.54) is 10.9 Å². The number of amides is 1. The smallest absolute Gasteiger partial charge is 0.261 e. The standard InChI is InChI=1S/C23H27N3O4/c1-5-25(13-17-10-11-19(30-6-2)20(12-17)29-4)21(27)14-26-15-24-22-16(3)8-7-9-18(22)23(26)28/h7-12,15H,5-6,13-14H2,1-4H3. The van der Waals surface area contributed by atoms with Gasteiger partial charge in [-0.05, 0) is 50.1 Å². The van der Waals surface area contributed by atoms with Crippen molar-refractivity contribution in [2.45, 2.75) is 33.9 Å². The lowest BCUT2D eigenvalue weighted by Crippen LogP contribution is -2.36. The van der Waals surface area contributed by atoms with E-state index >= 15 is 0 Å². The topological polar surface area (TPSA) is 73.7 Å².